The first-order valence-electron chi connectivity index (χ1n) is 7.91. The van der Waals surface area contributed by atoms with Gasteiger partial charge in [-0.25, -0.2) is 9.18 Å². The molecule has 4 rings (SSSR count). The summed E-state index contributed by atoms with van der Waals surface area (Å²) >= 11 is 0. The van der Waals surface area contributed by atoms with E-state index < -0.39 is 0 Å². The Kier molecular flexibility index (Phi) is 3.48. The van der Waals surface area contributed by atoms with Gasteiger partial charge in [-0.1, -0.05) is 6.07 Å². The number of rotatable bonds is 1. The second-order valence-corrected chi connectivity index (χ2v) is 6.10. The third-order valence-corrected chi connectivity index (χ3v) is 4.65. The Morgan fingerprint density at radius 3 is 3.17 bits per heavy atom. The van der Waals surface area contributed by atoms with Crippen molar-refractivity contribution in [3.8, 4) is 0 Å². The second-order valence-electron chi connectivity index (χ2n) is 6.10. The lowest BCUT2D eigenvalue weighted by Gasteiger charge is -2.31. The molecule has 0 fully saturated rings. The Labute approximate surface area is 133 Å². The van der Waals surface area contributed by atoms with Crippen molar-refractivity contribution in [3.05, 3.63) is 47.3 Å². The van der Waals surface area contributed by atoms with Crippen molar-refractivity contribution >= 4 is 6.03 Å². The number of nitrogens with zero attached hydrogens (tertiary/aromatic N) is 4. The van der Waals surface area contributed by atoms with Crippen LogP contribution in [-0.4, -0.2) is 32.2 Å². The predicted molar refractivity (Wildman–Crippen MR) is 81.0 cm³/mol. The van der Waals surface area contributed by atoms with Gasteiger partial charge in [0.2, 0.25) is 0 Å². The molecule has 2 aliphatic rings. The Bertz CT molecular complexity index is 744. The number of nitrogens with one attached hydrogen (secondary N) is 1. The Hall–Kier alpha value is -2.44. The van der Waals surface area contributed by atoms with Crippen molar-refractivity contribution in [2.75, 3.05) is 6.54 Å². The lowest BCUT2D eigenvalue weighted by atomic mass is 9.87. The molecule has 23 heavy (non-hydrogen) atoms. The maximum absolute atomic E-state index is 13.5. The van der Waals surface area contributed by atoms with Crippen LogP contribution in [0.25, 0.3) is 0 Å². The summed E-state index contributed by atoms with van der Waals surface area (Å²) in [5.41, 5.74) is 2.03. The van der Waals surface area contributed by atoms with E-state index in [4.69, 9.17) is 0 Å². The fourth-order valence-corrected chi connectivity index (χ4v) is 3.40. The molecule has 1 atom stereocenters. The van der Waals surface area contributed by atoms with Crippen LogP contribution in [0.3, 0.4) is 0 Å². The normalized spacial score (nSPS) is 19.9. The van der Waals surface area contributed by atoms with E-state index in [9.17, 15) is 9.18 Å². The number of aromatic nitrogens is 3. The molecule has 120 valence electrons. The molecule has 2 heterocycles. The van der Waals surface area contributed by atoms with Gasteiger partial charge in [-0.05, 0) is 42.5 Å². The summed E-state index contributed by atoms with van der Waals surface area (Å²) in [5, 5.41) is 10.9. The number of carbonyl (C=O) groups excluding carboxylic acids is 1. The fourth-order valence-electron chi connectivity index (χ4n) is 3.40. The number of fused-ring (bicyclic) bond motifs is 2. The average molecular weight is 315 g/mol. The van der Waals surface area contributed by atoms with Gasteiger partial charge in [0.25, 0.3) is 0 Å². The maximum atomic E-state index is 13.5. The first-order valence-corrected chi connectivity index (χ1v) is 7.91. The highest BCUT2D eigenvalue weighted by Crippen LogP contribution is 2.30. The molecular formula is C16H18FN5O. The molecule has 2 aromatic rings. The smallest absolute Gasteiger partial charge is 0.318 e. The van der Waals surface area contributed by atoms with Crippen LogP contribution < -0.4 is 5.32 Å². The van der Waals surface area contributed by atoms with Crippen molar-refractivity contribution in [3.63, 3.8) is 0 Å². The van der Waals surface area contributed by atoms with Crippen molar-refractivity contribution in [1.82, 2.24) is 25.0 Å². The lowest BCUT2D eigenvalue weighted by Crippen LogP contribution is -2.45. The third kappa shape index (κ3) is 2.67. The van der Waals surface area contributed by atoms with Gasteiger partial charge in [0, 0.05) is 13.1 Å². The molecule has 0 radical (unpaired) electrons. The van der Waals surface area contributed by atoms with E-state index in [0.717, 1.165) is 36.2 Å². The van der Waals surface area contributed by atoms with E-state index >= 15 is 0 Å². The summed E-state index contributed by atoms with van der Waals surface area (Å²) in [6.07, 6.45) is 4.46. The first-order chi connectivity index (χ1) is 11.2. The highest BCUT2D eigenvalue weighted by Gasteiger charge is 2.27. The van der Waals surface area contributed by atoms with Gasteiger partial charge in [0.15, 0.2) is 5.82 Å². The van der Waals surface area contributed by atoms with Crippen LogP contribution in [0.4, 0.5) is 9.18 Å². The van der Waals surface area contributed by atoms with E-state index in [0.29, 0.717) is 19.6 Å². The number of aryl methyl sites for hydroxylation is 1. The largest absolute Gasteiger partial charge is 0.331 e. The van der Waals surface area contributed by atoms with E-state index in [2.05, 4.69) is 15.5 Å². The zero-order valence-corrected chi connectivity index (χ0v) is 12.7. The molecule has 1 N–H and O–H groups in total. The van der Waals surface area contributed by atoms with E-state index in [1.807, 2.05) is 10.6 Å². The topological polar surface area (TPSA) is 63.1 Å². The van der Waals surface area contributed by atoms with Crippen molar-refractivity contribution < 1.29 is 9.18 Å². The SMILES string of the molecule is O=C(N[C@@H]1CCCc2ccc(F)cc21)N1CCn2cnnc2C1. The van der Waals surface area contributed by atoms with Crippen LogP contribution in [0.1, 0.15) is 35.8 Å². The summed E-state index contributed by atoms with van der Waals surface area (Å²) in [4.78, 5) is 14.3. The number of urea groups is 1. The Balaban J connectivity index is 1.49. The van der Waals surface area contributed by atoms with E-state index in [1.165, 1.54) is 6.07 Å². The zero-order valence-electron chi connectivity index (χ0n) is 12.7. The standard InChI is InChI=1S/C16H18FN5O/c17-12-5-4-11-2-1-3-14(13(11)8-12)19-16(23)21-6-7-22-10-18-20-15(22)9-21/h4-5,8,10,14H,1-3,6-7,9H2,(H,19,23)/t14-/m1/s1. The number of halogens is 1. The van der Waals surface area contributed by atoms with Crippen LogP contribution in [0.5, 0.6) is 0 Å². The van der Waals surface area contributed by atoms with Crippen LogP contribution >= 0.6 is 0 Å². The summed E-state index contributed by atoms with van der Waals surface area (Å²) < 4.78 is 15.5. The fraction of sp³-hybridized carbons (Fsp3) is 0.438. The molecule has 2 amide bonds. The van der Waals surface area contributed by atoms with Gasteiger partial charge in [0.1, 0.15) is 12.1 Å². The van der Waals surface area contributed by atoms with E-state index in [-0.39, 0.29) is 17.9 Å². The molecule has 1 aliphatic heterocycles. The molecule has 1 aromatic heterocycles. The minimum atomic E-state index is -0.254. The van der Waals surface area contributed by atoms with Crippen LogP contribution in [0.2, 0.25) is 0 Å². The summed E-state index contributed by atoms with van der Waals surface area (Å²) in [7, 11) is 0. The molecule has 0 saturated heterocycles. The molecule has 0 unspecified atom stereocenters. The molecule has 0 saturated carbocycles. The van der Waals surface area contributed by atoms with Crippen molar-refractivity contribution in [2.45, 2.75) is 38.4 Å². The Morgan fingerprint density at radius 2 is 2.26 bits per heavy atom. The van der Waals surface area contributed by atoms with Gasteiger partial charge >= 0.3 is 6.03 Å². The van der Waals surface area contributed by atoms with E-state index in [1.54, 1.807) is 17.3 Å². The van der Waals surface area contributed by atoms with Crippen LogP contribution in [0.15, 0.2) is 24.5 Å². The summed E-state index contributed by atoms with van der Waals surface area (Å²) in [6.45, 7) is 1.78. The van der Waals surface area contributed by atoms with Gasteiger partial charge in [-0.3, -0.25) is 0 Å². The minimum Gasteiger partial charge on any atom is -0.331 e. The number of benzene rings is 1. The molecule has 1 aliphatic carbocycles. The lowest BCUT2D eigenvalue weighted by molar-refractivity contribution is 0.177. The number of hydrogen-bond donors (Lipinski definition) is 1. The van der Waals surface area contributed by atoms with Crippen LogP contribution in [-0.2, 0) is 19.5 Å². The monoisotopic (exact) mass is 315 g/mol. The molecule has 7 heteroatoms. The minimum absolute atomic E-state index is 0.123. The number of amides is 2. The molecule has 1 aromatic carbocycles. The quantitative estimate of drug-likeness (QED) is 0.876. The van der Waals surface area contributed by atoms with Crippen molar-refractivity contribution in [1.29, 1.82) is 0 Å². The highest BCUT2D eigenvalue weighted by molar-refractivity contribution is 5.75. The molecule has 0 spiro atoms. The average Bonchev–Trinajstić information content (AvgIpc) is 3.03. The molecular weight excluding hydrogens is 297 g/mol. The summed E-state index contributed by atoms with van der Waals surface area (Å²) in [6, 6.07) is 4.61. The second kappa shape index (κ2) is 5.64. The Morgan fingerprint density at radius 1 is 1.35 bits per heavy atom. The molecule has 0 bridgehead atoms. The van der Waals surface area contributed by atoms with Crippen molar-refractivity contribution in [2.24, 2.45) is 0 Å². The number of carbonyl (C=O) groups is 1. The maximum Gasteiger partial charge on any atom is 0.318 e. The first kappa shape index (κ1) is 14.2. The molecule has 6 nitrogen and oxygen atoms in total. The number of hydrogen-bond acceptors (Lipinski definition) is 3. The van der Waals surface area contributed by atoms with Gasteiger partial charge in [-0.15, -0.1) is 10.2 Å². The third-order valence-electron chi connectivity index (χ3n) is 4.65. The zero-order chi connectivity index (χ0) is 15.8. The highest BCUT2D eigenvalue weighted by atomic mass is 19.1. The van der Waals surface area contributed by atoms with Gasteiger partial charge in [-0.2, -0.15) is 0 Å². The van der Waals surface area contributed by atoms with Gasteiger partial charge < -0.3 is 14.8 Å². The predicted octanol–water partition coefficient (Wildman–Crippen LogP) is 2.02. The van der Waals surface area contributed by atoms with Gasteiger partial charge in [0.05, 0.1) is 12.6 Å². The van der Waals surface area contributed by atoms with Crippen LogP contribution in [0, 0.1) is 5.82 Å². The summed E-state index contributed by atoms with van der Waals surface area (Å²) in [5.74, 6) is 0.539.